The normalized spacial score (nSPS) is 12.9. The molecule has 0 aromatic heterocycles. The van der Waals surface area contributed by atoms with E-state index in [1.807, 2.05) is 0 Å². The van der Waals surface area contributed by atoms with E-state index in [9.17, 15) is 23.6 Å². The zero-order chi connectivity index (χ0) is 19.5. The number of carbonyl (C=O) groups is 4. The third-order valence-electron chi connectivity index (χ3n) is 3.74. The number of carbonyl (C=O) groups excluding carboxylic acids is 2. The van der Waals surface area contributed by atoms with Gasteiger partial charge < -0.3 is 15.1 Å². The van der Waals surface area contributed by atoms with Crippen LogP contribution in [0.1, 0.15) is 48.9 Å². The predicted octanol–water partition coefficient (Wildman–Crippen LogP) is 2.35. The van der Waals surface area contributed by atoms with Crippen molar-refractivity contribution in [1.29, 1.82) is 0 Å². The minimum Gasteiger partial charge on any atom is -0.481 e. The first-order valence-corrected chi connectivity index (χ1v) is 8.29. The molecule has 1 aliphatic rings. The van der Waals surface area contributed by atoms with Crippen molar-refractivity contribution in [2.75, 3.05) is 13.1 Å². The molecule has 0 aliphatic carbocycles. The fourth-order valence-electron chi connectivity index (χ4n) is 2.34. The van der Waals surface area contributed by atoms with Crippen molar-refractivity contribution in [3.63, 3.8) is 0 Å². The molecule has 1 fully saturated rings. The van der Waals surface area contributed by atoms with Crippen molar-refractivity contribution < 1.29 is 33.8 Å². The summed E-state index contributed by atoms with van der Waals surface area (Å²) >= 11 is 0. The van der Waals surface area contributed by atoms with Crippen LogP contribution in [0.25, 0.3) is 0 Å². The molecule has 0 radical (unpaired) electrons. The van der Waals surface area contributed by atoms with Crippen LogP contribution in [0.5, 0.6) is 0 Å². The molecule has 0 spiro atoms. The van der Waals surface area contributed by atoms with Crippen LogP contribution in [-0.4, -0.2) is 51.8 Å². The lowest BCUT2D eigenvalue weighted by atomic mass is 10.1. The number of rotatable bonds is 7. The predicted molar refractivity (Wildman–Crippen MR) is 90.3 cm³/mol. The number of aliphatic carboxylic acids is 2. The number of carboxylic acids is 2. The molecule has 0 saturated carbocycles. The molecule has 0 bridgehead atoms. The van der Waals surface area contributed by atoms with Crippen molar-refractivity contribution in [3.05, 3.63) is 35.6 Å². The van der Waals surface area contributed by atoms with E-state index in [1.165, 1.54) is 24.3 Å². The summed E-state index contributed by atoms with van der Waals surface area (Å²) in [6.45, 7) is 1.61. The molecule has 1 amide bonds. The lowest BCUT2D eigenvalue weighted by Gasteiger charge is -2.13. The zero-order valence-corrected chi connectivity index (χ0v) is 14.3. The van der Waals surface area contributed by atoms with Crippen LogP contribution in [0.2, 0.25) is 0 Å². The van der Waals surface area contributed by atoms with Gasteiger partial charge in [0, 0.05) is 31.5 Å². The summed E-state index contributed by atoms with van der Waals surface area (Å²) in [7, 11) is 0. The van der Waals surface area contributed by atoms with E-state index >= 15 is 0 Å². The van der Waals surface area contributed by atoms with Gasteiger partial charge in [0.05, 0.1) is 12.8 Å². The fraction of sp³-hybridized carbons (Fsp3) is 0.444. The van der Waals surface area contributed by atoms with Gasteiger partial charge in [-0.25, -0.2) is 4.39 Å². The number of benzene rings is 1. The highest BCUT2D eigenvalue weighted by Crippen LogP contribution is 2.09. The summed E-state index contributed by atoms with van der Waals surface area (Å²) in [4.78, 5) is 44.6. The van der Waals surface area contributed by atoms with Crippen molar-refractivity contribution in [2.24, 2.45) is 0 Å². The summed E-state index contributed by atoms with van der Waals surface area (Å²) in [5, 5.41) is 16.7. The van der Waals surface area contributed by atoms with Crippen LogP contribution in [0, 0.1) is 5.82 Å². The molecular formula is C18H22FNO6. The van der Waals surface area contributed by atoms with Gasteiger partial charge in [-0.3, -0.25) is 19.2 Å². The summed E-state index contributed by atoms with van der Waals surface area (Å²) < 4.78 is 12.5. The second kappa shape index (κ2) is 11.0. The third kappa shape index (κ3) is 8.36. The first-order valence-electron chi connectivity index (χ1n) is 8.29. The van der Waals surface area contributed by atoms with Crippen LogP contribution in [0.4, 0.5) is 4.39 Å². The van der Waals surface area contributed by atoms with Crippen LogP contribution >= 0.6 is 0 Å². The number of ketones is 1. The van der Waals surface area contributed by atoms with Gasteiger partial charge in [0.25, 0.3) is 0 Å². The van der Waals surface area contributed by atoms with E-state index in [1.54, 1.807) is 4.90 Å². The van der Waals surface area contributed by atoms with Gasteiger partial charge in [-0.15, -0.1) is 0 Å². The van der Waals surface area contributed by atoms with Gasteiger partial charge in [0.2, 0.25) is 5.91 Å². The average molecular weight is 367 g/mol. The zero-order valence-electron chi connectivity index (χ0n) is 14.3. The molecule has 2 rings (SSSR count). The molecule has 1 aromatic rings. The van der Waals surface area contributed by atoms with E-state index in [0.717, 1.165) is 25.9 Å². The maximum Gasteiger partial charge on any atom is 0.303 e. The van der Waals surface area contributed by atoms with Crippen LogP contribution in [0.15, 0.2) is 24.3 Å². The summed E-state index contributed by atoms with van der Waals surface area (Å²) in [5.74, 6) is -2.63. The summed E-state index contributed by atoms with van der Waals surface area (Å²) in [5.41, 5.74) is 0.340. The number of amides is 1. The summed E-state index contributed by atoms with van der Waals surface area (Å²) in [6.07, 6.45) is 1.96. The smallest absolute Gasteiger partial charge is 0.303 e. The molecule has 1 aliphatic heterocycles. The van der Waals surface area contributed by atoms with E-state index in [2.05, 4.69) is 0 Å². The molecule has 1 heterocycles. The average Bonchev–Trinajstić information content (AvgIpc) is 3.13. The number of hydrogen-bond acceptors (Lipinski definition) is 4. The number of nitrogens with zero attached hydrogens (tertiary/aromatic N) is 1. The number of halogens is 1. The first-order chi connectivity index (χ1) is 12.3. The van der Waals surface area contributed by atoms with Crippen molar-refractivity contribution in [2.45, 2.75) is 38.5 Å². The largest absolute Gasteiger partial charge is 0.481 e. The highest BCUT2D eigenvalue weighted by molar-refractivity contribution is 5.97. The van der Waals surface area contributed by atoms with Crippen LogP contribution in [0.3, 0.4) is 0 Å². The number of Topliss-reactive ketones (excluding diaryl/α,β-unsaturated/α-hetero) is 1. The monoisotopic (exact) mass is 367 g/mol. The Bertz CT molecular complexity index is 638. The molecule has 142 valence electrons. The molecule has 26 heavy (non-hydrogen) atoms. The Morgan fingerprint density at radius 1 is 0.846 bits per heavy atom. The second-order valence-electron chi connectivity index (χ2n) is 5.81. The highest BCUT2D eigenvalue weighted by Gasteiger charge is 2.17. The molecule has 0 atom stereocenters. The minimum atomic E-state index is -1.01. The minimum absolute atomic E-state index is 0.0186. The summed E-state index contributed by atoms with van der Waals surface area (Å²) in [6, 6.07) is 5.04. The topological polar surface area (TPSA) is 112 Å². The number of likely N-dealkylation sites (tertiary alicyclic amines) is 1. The van der Waals surface area contributed by atoms with E-state index in [-0.39, 0.29) is 37.4 Å². The van der Waals surface area contributed by atoms with Crippen molar-refractivity contribution >= 4 is 23.6 Å². The fourth-order valence-corrected chi connectivity index (χ4v) is 2.34. The molecule has 7 nitrogen and oxygen atoms in total. The van der Waals surface area contributed by atoms with Gasteiger partial charge in [0.15, 0.2) is 5.78 Å². The van der Waals surface area contributed by atoms with Crippen molar-refractivity contribution in [3.8, 4) is 0 Å². The lowest BCUT2D eigenvalue weighted by molar-refractivity contribution is -0.140. The van der Waals surface area contributed by atoms with Gasteiger partial charge in [0.1, 0.15) is 5.82 Å². The number of carboxylic acid groups (broad SMARTS) is 2. The molecule has 2 N–H and O–H groups in total. The maximum absolute atomic E-state index is 12.5. The SMILES string of the molecule is O=C(O)CCC(=O)N1CCCC1.O=C(O)CCC(=O)c1ccc(F)cc1. The molecular weight excluding hydrogens is 345 g/mol. The Labute approximate surface area is 150 Å². The van der Waals surface area contributed by atoms with Gasteiger partial charge in [-0.05, 0) is 37.1 Å². The Kier molecular flexibility index (Phi) is 8.97. The maximum atomic E-state index is 12.5. The van der Waals surface area contributed by atoms with Crippen molar-refractivity contribution in [1.82, 2.24) is 4.90 Å². The number of hydrogen-bond donors (Lipinski definition) is 2. The lowest BCUT2D eigenvalue weighted by Crippen LogP contribution is -2.27. The van der Waals surface area contributed by atoms with Gasteiger partial charge in [-0.1, -0.05) is 0 Å². The molecule has 1 aromatic carbocycles. The Morgan fingerprint density at radius 3 is 1.85 bits per heavy atom. The van der Waals surface area contributed by atoms with E-state index in [0.29, 0.717) is 5.56 Å². The molecule has 8 heteroatoms. The van der Waals surface area contributed by atoms with E-state index < -0.39 is 17.8 Å². The second-order valence-corrected chi connectivity index (χ2v) is 5.81. The molecule has 1 saturated heterocycles. The van der Waals surface area contributed by atoms with Gasteiger partial charge in [-0.2, -0.15) is 0 Å². The quantitative estimate of drug-likeness (QED) is 0.716. The Morgan fingerprint density at radius 2 is 1.35 bits per heavy atom. The Balaban J connectivity index is 0.000000263. The molecule has 0 unspecified atom stereocenters. The Hall–Kier alpha value is -2.77. The highest BCUT2D eigenvalue weighted by atomic mass is 19.1. The third-order valence-corrected chi connectivity index (χ3v) is 3.74. The van der Waals surface area contributed by atoms with Gasteiger partial charge >= 0.3 is 11.9 Å². The first kappa shape index (κ1) is 21.3. The van der Waals surface area contributed by atoms with Crippen LogP contribution in [-0.2, 0) is 14.4 Å². The van der Waals surface area contributed by atoms with E-state index in [4.69, 9.17) is 10.2 Å². The standard InChI is InChI=1S/C10H9FO3.C8H13NO3/c11-8-3-1-7(2-4-8)9(12)5-6-10(13)14;10-7(3-4-8(11)12)9-5-1-2-6-9/h1-4H,5-6H2,(H,13,14);1-6H2,(H,11,12). The van der Waals surface area contributed by atoms with Crippen LogP contribution < -0.4 is 0 Å².